The van der Waals surface area contributed by atoms with Crippen molar-refractivity contribution in [2.75, 3.05) is 7.11 Å². The summed E-state index contributed by atoms with van der Waals surface area (Å²) >= 11 is 0. The Morgan fingerprint density at radius 3 is 2.57 bits per heavy atom. The van der Waals surface area contributed by atoms with Gasteiger partial charge in [-0.05, 0) is 24.1 Å². The number of hydrogen-bond acceptors (Lipinski definition) is 4. The van der Waals surface area contributed by atoms with Gasteiger partial charge in [0.2, 0.25) is 0 Å². The zero-order valence-electron chi connectivity index (χ0n) is 13.0. The third kappa shape index (κ3) is 4.30. The molecule has 0 unspecified atom stereocenters. The van der Waals surface area contributed by atoms with E-state index in [1.165, 1.54) is 7.11 Å². The molecule has 0 saturated heterocycles. The van der Waals surface area contributed by atoms with Crippen molar-refractivity contribution in [3.05, 3.63) is 71.8 Å². The molecule has 0 spiro atoms. The van der Waals surface area contributed by atoms with Crippen LogP contribution >= 0.6 is 0 Å². The molecule has 0 N–H and O–H groups in total. The number of allylic oxidation sites excluding steroid dienone is 1. The van der Waals surface area contributed by atoms with Crippen LogP contribution in [0.2, 0.25) is 0 Å². The van der Waals surface area contributed by atoms with Crippen LogP contribution in [0.5, 0.6) is 11.5 Å². The van der Waals surface area contributed by atoms with Crippen LogP contribution in [-0.4, -0.2) is 19.4 Å². The first-order valence-corrected chi connectivity index (χ1v) is 7.19. The van der Waals surface area contributed by atoms with E-state index in [0.29, 0.717) is 29.0 Å². The van der Waals surface area contributed by atoms with Crippen molar-refractivity contribution in [1.82, 2.24) is 0 Å². The summed E-state index contributed by atoms with van der Waals surface area (Å²) in [5.74, 6) is 0.297. The molecule has 4 heteroatoms. The molecule has 2 aromatic carbocycles. The molecular formula is C19H18O4. The van der Waals surface area contributed by atoms with Crippen LogP contribution < -0.4 is 9.47 Å². The van der Waals surface area contributed by atoms with Crippen LogP contribution in [0.1, 0.15) is 21.5 Å². The van der Waals surface area contributed by atoms with E-state index < -0.39 is 5.97 Å². The van der Waals surface area contributed by atoms with Gasteiger partial charge in [0.15, 0.2) is 11.5 Å². The van der Waals surface area contributed by atoms with Crippen LogP contribution in [0.4, 0.5) is 0 Å². The predicted octanol–water partition coefficient (Wildman–Crippen LogP) is 3.38. The Balaban J connectivity index is 2.28. The maximum Gasteiger partial charge on any atom is 0.315 e. The van der Waals surface area contributed by atoms with Crippen molar-refractivity contribution < 1.29 is 19.1 Å². The molecule has 0 aliphatic carbocycles. The molecule has 0 fully saturated rings. The zero-order chi connectivity index (χ0) is 16.7. The highest BCUT2D eigenvalue weighted by Gasteiger charge is 2.16. The lowest BCUT2D eigenvalue weighted by Crippen LogP contribution is -2.13. The second-order valence-electron chi connectivity index (χ2n) is 4.96. The van der Waals surface area contributed by atoms with Gasteiger partial charge >= 0.3 is 5.97 Å². The second kappa shape index (κ2) is 7.94. The minimum atomic E-state index is -0.390. The van der Waals surface area contributed by atoms with Crippen LogP contribution in [0, 0.1) is 0 Å². The first-order chi connectivity index (χ1) is 11.2. The smallest absolute Gasteiger partial charge is 0.315 e. The van der Waals surface area contributed by atoms with E-state index in [-0.39, 0.29) is 6.42 Å². The van der Waals surface area contributed by atoms with Crippen LogP contribution in [0.15, 0.2) is 55.1 Å². The summed E-state index contributed by atoms with van der Waals surface area (Å²) in [6.45, 7) is 3.69. The van der Waals surface area contributed by atoms with E-state index in [1.807, 2.05) is 30.3 Å². The van der Waals surface area contributed by atoms with Gasteiger partial charge in [0.25, 0.3) is 0 Å². The number of methoxy groups -OCH3 is 1. The van der Waals surface area contributed by atoms with E-state index in [1.54, 1.807) is 18.2 Å². The van der Waals surface area contributed by atoms with Gasteiger partial charge in [0.05, 0.1) is 13.5 Å². The van der Waals surface area contributed by atoms with Gasteiger partial charge in [0.1, 0.15) is 6.29 Å². The highest BCUT2D eigenvalue weighted by Crippen LogP contribution is 2.33. The Bertz CT molecular complexity index is 705. The number of carbonyl (C=O) groups excluding carboxylic acids is 2. The third-order valence-corrected chi connectivity index (χ3v) is 3.28. The quantitative estimate of drug-likeness (QED) is 0.340. The first kappa shape index (κ1) is 16.5. The Hall–Kier alpha value is -2.88. The van der Waals surface area contributed by atoms with Gasteiger partial charge in [-0.1, -0.05) is 36.4 Å². The fraction of sp³-hybridized carbons (Fsp3) is 0.158. The summed E-state index contributed by atoms with van der Waals surface area (Å²) in [7, 11) is 1.47. The largest absolute Gasteiger partial charge is 0.493 e. The first-order valence-electron chi connectivity index (χ1n) is 7.19. The standard InChI is InChI=1S/C19H18O4/c1-3-7-16-10-15(13-20)11-17(22-2)19(16)23-18(21)12-14-8-5-4-6-9-14/h3-6,8-11,13H,1,7,12H2,2H3. The van der Waals surface area contributed by atoms with E-state index in [0.717, 1.165) is 11.8 Å². The Morgan fingerprint density at radius 1 is 1.22 bits per heavy atom. The average molecular weight is 310 g/mol. The van der Waals surface area contributed by atoms with Crippen molar-refractivity contribution >= 4 is 12.3 Å². The molecule has 0 atom stereocenters. The van der Waals surface area contributed by atoms with Crippen molar-refractivity contribution in [1.29, 1.82) is 0 Å². The van der Waals surface area contributed by atoms with Crippen molar-refractivity contribution in [3.63, 3.8) is 0 Å². The number of aldehydes is 1. The number of hydrogen-bond donors (Lipinski definition) is 0. The molecule has 2 rings (SSSR count). The third-order valence-electron chi connectivity index (χ3n) is 3.28. The number of benzene rings is 2. The van der Waals surface area contributed by atoms with E-state index in [2.05, 4.69) is 6.58 Å². The van der Waals surface area contributed by atoms with Gasteiger partial charge in [-0.2, -0.15) is 0 Å². The fourth-order valence-electron chi connectivity index (χ4n) is 2.24. The second-order valence-corrected chi connectivity index (χ2v) is 4.96. The van der Waals surface area contributed by atoms with Crippen molar-refractivity contribution in [3.8, 4) is 11.5 Å². The molecular weight excluding hydrogens is 292 g/mol. The van der Waals surface area contributed by atoms with E-state index >= 15 is 0 Å². The molecule has 0 aliphatic rings. The highest BCUT2D eigenvalue weighted by atomic mass is 16.6. The number of ether oxygens (including phenoxy) is 2. The number of rotatable bonds is 7. The summed E-state index contributed by atoms with van der Waals surface area (Å²) < 4.78 is 10.8. The predicted molar refractivity (Wildman–Crippen MR) is 88.1 cm³/mol. The summed E-state index contributed by atoms with van der Waals surface area (Å²) in [6, 6.07) is 12.6. The molecule has 0 amide bonds. The minimum absolute atomic E-state index is 0.160. The highest BCUT2D eigenvalue weighted by molar-refractivity contribution is 5.80. The molecule has 118 valence electrons. The lowest BCUT2D eigenvalue weighted by molar-refractivity contribution is -0.133. The number of esters is 1. The molecule has 23 heavy (non-hydrogen) atoms. The van der Waals surface area contributed by atoms with Crippen LogP contribution in [-0.2, 0) is 17.6 Å². The van der Waals surface area contributed by atoms with Gasteiger partial charge in [-0.25, -0.2) is 0 Å². The Labute approximate surface area is 135 Å². The van der Waals surface area contributed by atoms with Crippen LogP contribution in [0.3, 0.4) is 0 Å². The lowest BCUT2D eigenvalue weighted by atomic mass is 10.1. The van der Waals surface area contributed by atoms with E-state index in [9.17, 15) is 9.59 Å². The summed E-state index contributed by atoms with van der Waals surface area (Å²) in [5, 5.41) is 0. The molecule has 4 nitrogen and oxygen atoms in total. The Morgan fingerprint density at radius 2 is 1.96 bits per heavy atom. The SMILES string of the molecule is C=CCc1cc(C=O)cc(OC)c1OC(=O)Cc1ccccc1. The molecule has 0 aromatic heterocycles. The van der Waals surface area contributed by atoms with Gasteiger partial charge in [0, 0.05) is 11.1 Å². The maximum atomic E-state index is 12.2. The topological polar surface area (TPSA) is 52.6 Å². The van der Waals surface area contributed by atoms with Crippen molar-refractivity contribution in [2.45, 2.75) is 12.8 Å². The molecule has 0 radical (unpaired) electrons. The normalized spacial score (nSPS) is 9.96. The fourth-order valence-corrected chi connectivity index (χ4v) is 2.24. The zero-order valence-corrected chi connectivity index (χ0v) is 13.0. The lowest BCUT2D eigenvalue weighted by Gasteiger charge is -2.14. The summed E-state index contributed by atoms with van der Waals surface area (Å²) in [6.07, 6.45) is 3.03. The number of carbonyl (C=O) groups is 2. The van der Waals surface area contributed by atoms with Gasteiger partial charge < -0.3 is 9.47 Å². The molecule has 0 heterocycles. The summed E-state index contributed by atoms with van der Waals surface area (Å²) in [5.41, 5.74) is 2.01. The summed E-state index contributed by atoms with van der Waals surface area (Å²) in [4.78, 5) is 23.2. The maximum absolute atomic E-state index is 12.2. The van der Waals surface area contributed by atoms with Gasteiger partial charge in [-0.3, -0.25) is 9.59 Å². The monoisotopic (exact) mass is 310 g/mol. The Kier molecular flexibility index (Phi) is 5.69. The van der Waals surface area contributed by atoms with Crippen LogP contribution in [0.25, 0.3) is 0 Å². The average Bonchev–Trinajstić information content (AvgIpc) is 2.57. The molecule has 0 bridgehead atoms. The molecule has 2 aromatic rings. The molecule has 0 aliphatic heterocycles. The van der Waals surface area contributed by atoms with Crippen molar-refractivity contribution in [2.24, 2.45) is 0 Å². The minimum Gasteiger partial charge on any atom is -0.493 e. The van der Waals surface area contributed by atoms with E-state index in [4.69, 9.17) is 9.47 Å². The molecule has 0 saturated carbocycles. The van der Waals surface area contributed by atoms with Gasteiger partial charge in [-0.15, -0.1) is 6.58 Å².